The van der Waals surface area contributed by atoms with E-state index >= 15 is 0 Å². The first-order chi connectivity index (χ1) is 20.8. The Morgan fingerprint density at radius 2 is 1.07 bits per heavy atom. The van der Waals surface area contributed by atoms with Crippen LogP contribution < -0.4 is 0 Å². The quantitative estimate of drug-likeness (QED) is 0.120. The minimum atomic E-state index is 0.417. The van der Waals surface area contributed by atoms with Gasteiger partial charge in [-0.3, -0.25) is 0 Å². The van der Waals surface area contributed by atoms with Crippen LogP contribution in [0.4, 0.5) is 0 Å². The molecule has 3 fully saturated rings. The van der Waals surface area contributed by atoms with Gasteiger partial charge in [-0.05, 0) is 131 Å². The summed E-state index contributed by atoms with van der Waals surface area (Å²) in [5.41, 5.74) is 3.13. The van der Waals surface area contributed by atoms with E-state index in [2.05, 4.69) is 31.2 Å². The molecule has 4 rings (SSSR count). The van der Waals surface area contributed by atoms with E-state index in [0.29, 0.717) is 18.1 Å². The van der Waals surface area contributed by atoms with Crippen LogP contribution in [0.2, 0.25) is 0 Å². The molecule has 3 saturated carbocycles. The van der Waals surface area contributed by atoms with Gasteiger partial charge in [0.2, 0.25) is 0 Å². The molecule has 4 nitrogen and oxygen atoms in total. The van der Waals surface area contributed by atoms with Crippen LogP contribution in [0.5, 0.6) is 0 Å². The van der Waals surface area contributed by atoms with E-state index in [1.165, 1.54) is 89.9 Å². The molecule has 3 aliphatic rings. The Hall–Kier alpha value is -1.07. The van der Waals surface area contributed by atoms with Crippen LogP contribution in [0.3, 0.4) is 0 Å². The maximum atomic E-state index is 6.17. The van der Waals surface area contributed by atoms with Crippen molar-refractivity contribution < 1.29 is 18.9 Å². The minimum Gasteiger partial charge on any atom is -0.385 e. The normalized spacial score (nSPS) is 28.6. The standard InChI is InChI=1S/C38H62O4/c1-3-4-5-6-7-27-40-29-30-42-38-24-20-36(21-25-38)34-16-12-32(13-17-34)31-10-14-33(15-11-31)35-18-22-37(23-19-35)41-28-9-8-26-39-2/h3,12-13,16-17,31,33,35-38H,1,4-11,14-15,18-30H2,2H3. The third-order valence-corrected chi connectivity index (χ3v) is 10.6. The Morgan fingerprint density at radius 1 is 0.571 bits per heavy atom. The first-order valence-electron chi connectivity index (χ1n) is 17.8. The van der Waals surface area contributed by atoms with Crippen molar-refractivity contribution in [2.24, 2.45) is 11.8 Å². The van der Waals surface area contributed by atoms with Crippen LogP contribution in [0, 0.1) is 25.2 Å². The topological polar surface area (TPSA) is 36.9 Å². The second-order valence-electron chi connectivity index (χ2n) is 13.5. The van der Waals surface area contributed by atoms with Crippen LogP contribution in [-0.2, 0) is 18.9 Å². The molecule has 0 radical (unpaired) electrons. The van der Waals surface area contributed by atoms with Crippen molar-refractivity contribution in [3.63, 3.8) is 0 Å². The molecule has 0 bridgehead atoms. The molecule has 0 unspecified atom stereocenters. The smallest absolute Gasteiger partial charge is 0.0704 e. The van der Waals surface area contributed by atoms with Gasteiger partial charge < -0.3 is 18.9 Å². The Balaban J connectivity index is 1.06. The van der Waals surface area contributed by atoms with Gasteiger partial charge in [0.05, 0.1) is 25.4 Å². The summed E-state index contributed by atoms with van der Waals surface area (Å²) in [5, 5.41) is 0. The molecule has 238 valence electrons. The molecule has 0 amide bonds. The number of benzene rings is 1. The van der Waals surface area contributed by atoms with Gasteiger partial charge >= 0.3 is 0 Å². The summed E-state index contributed by atoms with van der Waals surface area (Å²) in [6.07, 6.45) is 25.6. The monoisotopic (exact) mass is 582 g/mol. The summed E-state index contributed by atoms with van der Waals surface area (Å²) in [6, 6.07) is 9.83. The van der Waals surface area contributed by atoms with Gasteiger partial charge in [0.1, 0.15) is 0 Å². The Bertz CT molecular complexity index is 786. The van der Waals surface area contributed by atoms with Crippen molar-refractivity contribution >= 4 is 0 Å². The zero-order chi connectivity index (χ0) is 29.2. The molecular formula is C38H62O4. The summed E-state index contributed by atoms with van der Waals surface area (Å²) in [6.45, 7) is 7.88. The molecule has 1 aromatic carbocycles. The SMILES string of the molecule is [CH2+][CH-]CCCCCOCCOC1CCC(c2ccc(C3CCC(C4CCC(OCCCCOC)CC4)CC3)cc2)CC1. The highest BCUT2D eigenvalue weighted by molar-refractivity contribution is 5.28. The summed E-state index contributed by atoms with van der Waals surface area (Å²) >= 11 is 0. The third-order valence-electron chi connectivity index (χ3n) is 10.6. The minimum absolute atomic E-state index is 0.417. The number of rotatable bonds is 19. The first kappa shape index (κ1) is 33.8. The third kappa shape index (κ3) is 11.8. The molecule has 0 atom stereocenters. The molecule has 0 aliphatic heterocycles. The van der Waals surface area contributed by atoms with E-state index in [4.69, 9.17) is 18.9 Å². The maximum absolute atomic E-state index is 6.17. The van der Waals surface area contributed by atoms with Crippen LogP contribution in [0.15, 0.2) is 24.3 Å². The highest BCUT2D eigenvalue weighted by Crippen LogP contribution is 2.44. The van der Waals surface area contributed by atoms with Crippen molar-refractivity contribution in [2.45, 2.75) is 140 Å². The molecule has 4 heteroatoms. The first-order valence-corrected chi connectivity index (χ1v) is 17.8. The van der Waals surface area contributed by atoms with Crippen molar-refractivity contribution in [3.05, 3.63) is 48.7 Å². The number of hydrogen-bond acceptors (Lipinski definition) is 4. The zero-order valence-electron chi connectivity index (χ0n) is 27.0. The fourth-order valence-electron chi connectivity index (χ4n) is 7.90. The van der Waals surface area contributed by atoms with Gasteiger partial charge in [-0.15, -0.1) is 12.8 Å². The summed E-state index contributed by atoms with van der Waals surface area (Å²) in [4.78, 5) is 0. The lowest BCUT2D eigenvalue weighted by molar-refractivity contribution is -0.0128. The predicted octanol–water partition coefficient (Wildman–Crippen LogP) is 9.62. The van der Waals surface area contributed by atoms with Crippen LogP contribution in [0.1, 0.15) is 139 Å². The fraction of sp³-hybridized carbons (Fsp3) is 0.789. The van der Waals surface area contributed by atoms with Crippen LogP contribution in [0.25, 0.3) is 0 Å². The molecule has 0 saturated heterocycles. The average molecular weight is 583 g/mol. The highest BCUT2D eigenvalue weighted by atomic mass is 16.5. The lowest BCUT2D eigenvalue weighted by Crippen LogP contribution is -2.28. The van der Waals surface area contributed by atoms with Gasteiger partial charge in [-0.1, -0.05) is 44.0 Å². The molecule has 0 N–H and O–H groups in total. The molecule has 1 aromatic rings. The Kier molecular flexibility index (Phi) is 16.1. The van der Waals surface area contributed by atoms with Crippen molar-refractivity contribution in [1.82, 2.24) is 0 Å². The lowest BCUT2D eigenvalue weighted by Gasteiger charge is -2.38. The number of hydrogen-bond donors (Lipinski definition) is 0. The Labute approximate surface area is 259 Å². The van der Waals surface area contributed by atoms with Gasteiger partial charge in [-0.2, -0.15) is 0 Å². The summed E-state index contributed by atoms with van der Waals surface area (Å²) in [5.74, 6) is 3.34. The maximum Gasteiger partial charge on any atom is 0.0704 e. The van der Waals surface area contributed by atoms with Gasteiger partial charge in [0.25, 0.3) is 0 Å². The number of unbranched alkanes of at least 4 members (excludes halogenated alkanes) is 5. The molecule has 0 heterocycles. The van der Waals surface area contributed by atoms with E-state index < -0.39 is 0 Å². The highest BCUT2D eigenvalue weighted by Gasteiger charge is 2.31. The van der Waals surface area contributed by atoms with E-state index in [-0.39, 0.29) is 0 Å². The van der Waals surface area contributed by atoms with E-state index in [0.717, 1.165) is 76.5 Å². The largest absolute Gasteiger partial charge is 0.385 e. The lowest BCUT2D eigenvalue weighted by atomic mass is 9.69. The summed E-state index contributed by atoms with van der Waals surface area (Å²) < 4.78 is 23.2. The van der Waals surface area contributed by atoms with Crippen LogP contribution >= 0.6 is 0 Å². The second-order valence-corrected chi connectivity index (χ2v) is 13.5. The van der Waals surface area contributed by atoms with E-state index in [1.807, 2.05) is 6.42 Å². The van der Waals surface area contributed by atoms with Crippen LogP contribution in [-0.4, -0.2) is 52.4 Å². The molecular weight excluding hydrogens is 520 g/mol. The number of methoxy groups -OCH3 is 1. The van der Waals surface area contributed by atoms with Crippen molar-refractivity contribution in [2.75, 3.05) is 40.1 Å². The van der Waals surface area contributed by atoms with Crippen molar-refractivity contribution in [3.8, 4) is 0 Å². The average Bonchev–Trinajstić information content (AvgIpc) is 3.05. The number of ether oxygens (including phenoxy) is 4. The van der Waals surface area contributed by atoms with E-state index in [1.54, 1.807) is 18.2 Å². The second kappa shape index (κ2) is 20.1. The fourth-order valence-corrected chi connectivity index (χ4v) is 7.90. The van der Waals surface area contributed by atoms with Gasteiger partial charge in [0, 0.05) is 26.9 Å². The van der Waals surface area contributed by atoms with Crippen molar-refractivity contribution in [1.29, 1.82) is 0 Å². The molecule has 3 aliphatic carbocycles. The predicted molar refractivity (Wildman–Crippen MR) is 174 cm³/mol. The molecule has 0 spiro atoms. The molecule has 0 aromatic heterocycles. The summed E-state index contributed by atoms with van der Waals surface area (Å²) in [7, 11) is 1.78. The zero-order valence-corrected chi connectivity index (χ0v) is 27.0. The van der Waals surface area contributed by atoms with E-state index in [9.17, 15) is 0 Å². The molecule has 42 heavy (non-hydrogen) atoms. The van der Waals surface area contributed by atoms with Gasteiger partial charge in [-0.25, -0.2) is 0 Å². The Morgan fingerprint density at radius 3 is 1.67 bits per heavy atom. The van der Waals surface area contributed by atoms with Gasteiger partial charge in [0.15, 0.2) is 0 Å².